The third kappa shape index (κ3) is 7.81. The van der Waals surface area contributed by atoms with E-state index in [-0.39, 0.29) is 17.2 Å². The lowest BCUT2D eigenvalue weighted by Gasteiger charge is -2.29. The van der Waals surface area contributed by atoms with Crippen LogP contribution in [0.1, 0.15) is 70.4 Å². The molecule has 0 saturated heterocycles. The smallest absolute Gasteiger partial charge is 0.146 e. The van der Waals surface area contributed by atoms with Crippen LogP contribution in [0.3, 0.4) is 0 Å². The molecule has 9 heteroatoms. The lowest BCUT2D eigenvalue weighted by Crippen LogP contribution is -2.36. The zero-order valence-electron chi connectivity index (χ0n) is 24.6. The van der Waals surface area contributed by atoms with Crippen molar-refractivity contribution in [1.82, 2.24) is 5.43 Å². The van der Waals surface area contributed by atoms with Crippen LogP contribution in [0.15, 0.2) is 65.8 Å². The van der Waals surface area contributed by atoms with E-state index in [1.54, 1.807) is 60.7 Å². The maximum Gasteiger partial charge on any atom is 0.146 e. The third-order valence-corrected chi connectivity index (χ3v) is 6.69. The summed E-state index contributed by atoms with van der Waals surface area (Å²) in [5.74, 6) is 1.64. The standard InChI is InChI=1S/C33H41N3O6/c1-4-7-16-40-23-10-13-26(31(37)19-23)28-22-29(27-14-11-24(20-32(27)38)41-17-8-5-2)35-36(34-28)30-15-12-25(21-33(30)39)42-18-9-6-3/h10-15,19-22,34,37-39H,4-9,16-18H2,1-3H3. The molecule has 0 bridgehead atoms. The van der Waals surface area contributed by atoms with Crippen molar-refractivity contribution in [3.63, 3.8) is 0 Å². The molecule has 0 fully saturated rings. The molecule has 0 aromatic heterocycles. The fourth-order valence-corrected chi connectivity index (χ4v) is 4.25. The van der Waals surface area contributed by atoms with Crippen molar-refractivity contribution >= 4 is 17.1 Å². The molecule has 0 spiro atoms. The van der Waals surface area contributed by atoms with Crippen molar-refractivity contribution in [3.05, 3.63) is 71.8 Å². The molecule has 0 atom stereocenters. The number of phenolic OH excluding ortho intramolecular Hbond substituents is 3. The molecule has 1 aliphatic heterocycles. The molecule has 42 heavy (non-hydrogen) atoms. The lowest BCUT2D eigenvalue weighted by molar-refractivity contribution is 0.307. The second-order valence-electron chi connectivity index (χ2n) is 10.1. The van der Waals surface area contributed by atoms with Crippen molar-refractivity contribution in [2.24, 2.45) is 5.10 Å². The highest BCUT2D eigenvalue weighted by Gasteiger charge is 2.23. The summed E-state index contributed by atoms with van der Waals surface area (Å²) in [6.07, 6.45) is 7.50. The van der Waals surface area contributed by atoms with Gasteiger partial charge in [0.05, 0.1) is 31.2 Å². The minimum absolute atomic E-state index is 0.00649. The van der Waals surface area contributed by atoms with Gasteiger partial charge in [-0.25, -0.2) is 0 Å². The summed E-state index contributed by atoms with van der Waals surface area (Å²) in [7, 11) is 0. The van der Waals surface area contributed by atoms with Gasteiger partial charge in [0.2, 0.25) is 0 Å². The molecular formula is C33H41N3O6. The molecule has 0 radical (unpaired) electrons. The summed E-state index contributed by atoms with van der Waals surface area (Å²) < 4.78 is 17.2. The van der Waals surface area contributed by atoms with Gasteiger partial charge >= 0.3 is 0 Å². The highest BCUT2D eigenvalue weighted by molar-refractivity contribution is 6.15. The van der Waals surface area contributed by atoms with Gasteiger partial charge in [0.1, 0.15) is 40.2 Å². The zero-order chi connectivity index (χ0) is 29.9. The van der Waals surface area contributed by atoms with Crippen molar-refractivity contribution in [3.8, 4) is 34.5 Å². The van der Waals surface area contributed by atoms with E-state index in [9.17, 15) is 15.3 Å². The lowest BCUT2D eigenvalue weighted by atomic mass is 10.0. The number of benzene rings is 3. The number of hydrazine groups is 1. The Balaban J connectivity index is 1.69. The van der Waals surface area contributed by atoms with Gasteiger partial charge in [0, 0.05) is 29.3 Å². The van der Waals surface area contributed by atoms with E-state index < -0.39 is 0 Å². The molecule has 0 amide bonds. The predicted molar refractivity (Wildman–Crippen MR) is 166 cm³/mol. The number of unbranched alkanes of at least 4 members (excludes halogenated alkanes) is 3. The van der Waals surface area contributed by atoms with E-state index in [0.717, 1.165) is 38.5 Å². The largest absolute Gasteiger partial charge is 0.507 e. The Morgan fingerprint density at radius 1 is 0.643 bits per heavy atom. The van der Waals surface area contributed by atoms with Crippen LogP contribution in [0.25, 0.3) is 5.70 Å². The van der Waals surface area contributed by atoms with Crippen LogP contribution >= 0.6 is 0 Å². The average Bonchev–Trinajstić information content (AvgIpc) is 2.97. The first-order chi connectivity index (χ1) is 20.4. The number of nitrogens with zero attached hydrogens (tertiary/aromatic N) is 2. The van der Waals surface area contributed by atoms with Crippen LogP contribution in [0.4, 0.5) is 5.69 Å². The van der Waals surface area contributed by atoms with Gasteiger partial charge in [-0.05, 0) is 61.7 Å². The van der Waals surface area contributed by atoms with Crippen molar-refractivity contribution in [1.29, 1.82) is 0 Å². The maximum absolute atomic E-state index is 11.0. The number of allylic oxidation sites excluding steroid dienone is 1. The van der Waals surface area contributed by atoms with Crippen LogP contribution in [0.5, 0.6) is 34.5 Å². The van der Waals surface area contributed by atoms with E-state index in [0.29, 0.717) is 65.3 Å². The van der Waals surface area contributed by atoms with E-state index in [1.807, 2.05) is 0 Å². The molecule has 4 N–H and O–H groups in total. The summed E-state index contributed by atoms with van der Waals surface area (Å²) in [5, 5.41) is 38.9. The van der Waals surface area contributed by atoms with Crippen LogP contribution in [-0.2, 0) is 0 Å². The summed E-state index contributed by atoms with van der Waals surface area (Å²) in [4.78, 5) is 0. The van der Waals surface area contributed by atoms with E-state index >= 15 is 0 Å². The number of hydrazone groups is 1. The van der Waals surface area contributed by atoms with Crippen molar-refractivity contribution in [2.75, 3.05) is 24.9 Å². The molecule has 1 heterocycles. The number of hydrogen-bond acceptors (Lipinski definition) is 9. The molecule has 0 aliphatic carbocycles. The fraction of sp³-hybridized carbons (Fsp3) is 0.364. The highest BCUT2D eigenvalue weighted by atomic mass is 16.5. The number of phenols is 3. The molecular weight excluding hydrogens is 534 g/mol. The van der Waals surface area contributed by atoms with Gasteiger partial charge in [-0.1, -0.05) is 40.0 Å². The molecule has 4 rings (SSSR count). The SMILES string of the molecule is CCCCOc1ccc(C2=CC(c3ccc(OCCCC)cc3O)=NN(c3ccc(OCCCC)cc3O)N2)c(O)c1. The number of hydrogen-bond donors (Lipinski definition) is 4. The number of nitrogens with one attached hydrogen (secondary N) is 1. The summed E-state index contributed by atoms with van der Waals surface area (Å²) in [5.41, 5.74) is 5.40. The number of anilines is 1. The molecule has 0 saturated carbocycles. The molecule has 224 valence electrons. The minimum atomic E-state index is -0.0476. The maximum atomic E-state index is 11.0. The Morgan fingerprint density at radius 3 is 1.60 bits per heavy atom. The highest BCUT2D eigenvalue weighted by Crippen LogP contribution is 2.36. The summed E-state index contributed by atoms with van der Waals surface area (Å²) >= 11 is 0. The van der Waals surface area contributed by atoms with Gasteiger partial charge in [-0.15, -0.1) is 0 Å². The van der Waals surface area contributed by atoms with Crippen LogP contribution in [0.2, 0.25) is 0 Å². The third-order valence-electron chi connectivity index (χ3n) is 6.69. The number of aromatic hydroxyl groups is 3. The topological polar surface area (TPSA) is 116 Å². The molecule has 1 aliphatic rings. The first-order valence-electron chi connectivity index (χ1n) is 14.7. The Labute approximate surface area is 247 Å². The Morgan fingerprint density at radius 2 is 1.12 bits per heavy atom. The van der Waals surface area contributed by atoms with Crippen molar-refractivity contribution < 1.29 is 29.5 Å². The van der Waals surface area contributed by atoms with Crippen LogP contribution < -0.4 is 24.8 Å². The number of rotatable bonds is 15. The van der Waals surface area contributed by atoms with Gasteiger partial charge in [-0.2, -0.15) is 10.2 Å². The molecule has 9 nitrogen and oxygen atoms in total. The minimum Gasteiger partial charge on any atom is -0.507 e. The zero-order valence-corrected chi connectivity index (χ0v) is 24.6. The number of ether oxygens (including phenoxy) is 3. The summed E-state index contributed by atoms with van der Waals surface area (Å²) in [6.45, 7) is 7.95. The van der Waals surface area contributed by atoms with E-state index in [2.05, 4.69) is 31.3 Å². The molecule has 3 aromatic rings. The second-order valence-corrected chi connectivity index (χ2v) is 10.1. The first kappa shape index (κ1) is 30.4. The van der Waals surface area contributed by atoms with Gasteiger partial charge < -0.3 is 29.5 Å². The normalized spacial score (nSPS) is 12.8. The Hall–Kier alpha value is -4.53. The first-order valence-corrected chi connectivity index (χ1v) is 14.7. The van der Waals surface area contributed by atoms with Gasteiger partial charge in [0.15, 0.2) is 0 Å². The predicted octanol–water partition coefficient (Wildman–Crippen LogP) is 7.11. The summed E-state index contributed by atoms with van der Waals surface area (Å²) in [6, 6.07) is 15.2. The van der Waals surface area contributed by atoms with Crippen molar-refractivity contribution in [2.45, 2.75) is 59.3 Å². The van der Waals surface area contributed by atoms with Crippen LogP contribution in [-0.4, -0.2) is 40.9 Å². The Bertz CT molecular complexity index is 1400. The monoisotopic (exact) mass is 575 g/mol. The van der Waals surface area contributed by atoms with E-state index in [1.165, 1.54) is 5.12 Å². The van der Waals surface area contributed by atoms with E-state index in [4.69, 9.17) is 14.2 Å². The average molecular weight is 576 g/mol. The fourth-order valence-electron chi connectivity index (χ4n) is 4.25. The molecule has 3 aromatic carbocycles. The van der Waals surface area contributed by atoms with Gasteiger partial charge in [-0.3, -0.25) is 5.43 Å². The molecule has 0 unspecified atom stereocenters. The quantitative estimate of drug-likeness (QED) is 0.142. The second kappa shape index (κ2) is 14.9. The van der Waals surface area contributed by atoms with Crippen LogP contribution in [0, 0.1) is 0 Å². The Kier molecular flexibility index (Phi) is 10.8. The van der Waals surface area contributed by atoms with Gasteiger partial charge in [0.25, 0.3) is 0 Å².